The Labute approximate surface area is 93.2 Å². The minimum absolute atomic E-state index is 0.0914. The zero-order valence-corrected chi connectivity index (χ0v) is 9.98. The number of hydrogen-bond acceptors (Lipinski definition) is 2. The van der Waals surface area contributed by atoms with E-state index in [4.69, 9.17) is 4.42 Å². The van der Waals surface area contributed by atoms with Crippen molar-refractivity contribution in [3.05, 3.63) is 18.1 Å². The third kappa shape index (κ3) is 3.23. The van der Waals surface area contributed by atoms with Crippen LogP contribution in [0.4, 0.5) is 8.78 Å². The molecule has 0 amide bonds. The lowest BCUT2D eigenvalue weighted by molar-refractivity contribution is 0.0758. The average Bonchev–Trinajstić information content (AvgIpc) is 2.52. The molecule has 1 aromatic rings. The van der Waals surface area contributed by atoms with Crippen molar-refractivity contribution in [3.63, 3.8) is 0 Å². The Morgan fingerprint density at radius 3 is 2.53 bits per heavy atom. The zero-order chi connectivity index (χ0) is 11.4. The molecule has 0 fully saturated rings. The summed E-state index contributed by atoms with van der Waals surface area (Å²) in [6.45, 7) is 5.49. The van der Waals surface area contributed by atoms with Crippen molar-refractivity contribution < 1.29 is 13.2 Å². The molecular formula is C11H16F2OS. The van der Waals surface area contributed by atoms with E-state index in [1.165, 1.54) is 11.8 Å². The number of halogens is 2. The molecule has 0 N–H and O–H groups in total. The summed E-state index contributed by atoms with van der Waals surface area (Å²) in [7, 11) is 0. The van der Waals surface area contributed by atoms with Gasteiger partial charge >= 0.3 is 0 Å². The molecule has 0 aliphatic heterocycles. The molecule has 0 bridgehead atoms. The number of thioether (sulfide) groups is 1. The summed E-state index contributed by atoms with van der Waals surface area (Å²) in [5, 5.41) is -0.0914. The summed E-state index contributed by atoms with van der Waals surface area (Å²) in [6.07, 6.45) is -0.152. The Morgan fingerprint density at radius 2 is 2.13 bits per heavy atom. The lowest BCUT2D eigenvalue weighted by Crippen LogP contribution is -2.21. The molecular weight excluding hydrogens is 218 g/mol. The van der Waals surface area contributed by atoms with E-state index in [9.17, 15) is 8.78 Å². The van der Waals surface area contributed by atoms with Crippen molar-refractivity contribution >= 4 is 11.8 Å². The molecule has 0 radical (unpaired) electrons. The van der Waals surface area contributed by atoms with Crippen molar-refractivity contribution in [2.75, 3.05) is 0 Å². The molecule has 2 atom stereocenters. The topological polar surface area (TPSA) is 13.1 Å². The first-order valence-electron chi connectivity index (χ1n) is 5.05. The van der Waals surface area contributed by atoms with Crippen LogP contribution in [0.2, 0.25) is 0 Å². The van der Waals surface area contributed by atoms with Crippen LogP contribution in [-0.4, -0.2) is 11.7 Å². The van der Waals surface area contributed by atoms with E-state index in [1.54, 1.807) is 13.2 Å². The van der Waals surface area contributed by atoms with Gasteiger partial charge in [0.1, 0.15) is 5.76 Å². The minimum Gasteiger partial charge on any atom is -0.468 e. The second-order valence-corrected chi connectivity index (χ2v) is 4.99. The van der Waals surface area contributed by atoms with Gasteiger partial charge in [0.2, 0.25) is 6.43 Å². The Kier molecular flexibility index (Phi) is 4.64. The van der Waals surface area contributed by atoms with Gasteiger partial charge in [0, 0.05) is 16.1 Å². The van der Waals surface area contributed by atoms with Crippen LogP contribution in [0.3, 0.4) is 0 Å². The highest BCUT2D eigenvalue weighted by Crippen LogP contribution is 2.34. The summed E-state index contributed by atoms with van der Waals surface area (Å²) in [5.41, 5.74) is 0. The first kappa shape index (κ1) is 12.6. The number of alkyl halides is 2. The molecule has 0 aromatic carbocycles. The second-order valence-electron chi connectivity index (χ2n) is 3.57. The maximum atomic E-state index is 12.6. The van der Waals surface area contributed by atoms with Crippen molar-refractivity contribution in [1.29, 1.82) is 0 Å². The molecule has 0 saturated heterocycles. The van der Waals surface area contributed by atoms with Crippen LogP contribution in [0.15, 0.2) is 21.6 Å². The average molecular weight is 234 g/mol. The monoisotopic (exact) mass is 234 g/mol. The van der Waals surface area contributed by atoms with Crippen molar-refractivity contribution in [2.24, 2.45) is 5.92 Å². The molecule has 1 nitrogen and oxygen atoms in total. The van der Waals surface area contributed by atoms with E-state index >= 15 is 0 Å². The minimum atomic E-state index is -2.25. The Morgan fingerprint density at radius 1 is 1.47 bits per heavy atom. The number of furan rings is 1. The Hall–Kier alpha value is -0.510. The van der Waals surface area contributed by atoms with Gasteiger partial charge in [-0.25, -0.2) is 8.78 Å². The predicted molar refractivity (Wildman–Crippen MR) is 58.5 cm³/mol. The lowest BCUT2D eigenvalue weighted by Gasteiger charge is -2.20. The zero-order valence-electron chi connectivity index (χ0n) is 9.17. The van der Waals surface area contributed by atoms with Gasteiger partial charge in [-0.2, -0.15) is 0 Å². The van der Waals surface area contributed by atoms with Gasteiger partial charge in [-0.1, -0.05) is 13.8 Å². The van der Waals surface area contributed by atoms with E-state index in [1.807, 2.05) is 19.9 Å². The standard InChI is InChI=1S/C11H16F2OS/c1-4-9(11(12)13)8(3)15-10-5-6-14-7(10)2/h5-6,8-9,11H,4H2,1-3H3. The van der Waals surface area contributed by atoms with Gasteiger partial charge in [-0.05, 0) is 19.4 Å². The van der Waals surface area contributed by atoms with Crippen LogP contribution < -0.4 is 0 Å². The molecule has 15 heavy (non-hydrogen) atoms. The summed E-state index contributed by atoms with van der Waals surface area (Å²) >= 11 is 1.46. The summed E-state index contributed by atoms with van der Waals surface area (Å²) in [4.78, 5) is 0.960. The van der Waals surface area contributed by atoms with Gasteiger partial charge in [-0.3, -0.25) is 0 Å². The maximum Gasteiger partial charge on any atom is 0.242 e. The van der Waals surface area contributed by atoms with Crippen LogP contribution in [0.5, 0.6) is 0 Å². The number of hydrogen-bond donors (Lipinski definition) is 0. The highest BCUT2D eigenvalue weighted by atomic mass is 32.2. The lowest BCUT2D eigenvalue weighted by atomic mass is 10.0. The fourth-order valence-corrected chi connectivity index (χ4v) is 2.73. The summed E-state index contributed by atoms with van der Waals surface area (Å²) in [6, 6.07) is 1.83. The van der Waals surface area contributed by atoms with Crippen LogP contribution in [0.1, 0.15) is 26.0 Å². The maximum absolute atomic E-state index is 12.6. The molecule has 2 unspecified atom stereocenters. The predicted octanol–water partition coefficient (Wildman–Crippen LogP) is 4.36. The van der Waals surface area contributed by atoms with Crippen LogP contribution in [-0.2, 0) is 0 Å². The molecule has 86 valence electrons. The van der Waals surface area contributed by atoms with E-state index in [2.05, 4.69) is 0 Å². The van der Waals surface area contributed by atoms with Crippen molar-refractivity contribution in [1.82, 2.24) is 0 Å². The SMILES string of the molecule is CCC(C(F)F)C(C)Sc1ccoc1C. The molecule has 0 spiro atoms. The van der Waals surface area contributed by atoms with Gasteiger partial charge in [0.05, 0.1) is 6.26 Å². The fourth-order valence-electron chi connectivity index (χ4n) is 1.50. The van der Waals surface area contributed by atoms with Crippen LogP contribution >= 0.6 is 11.8 Å². The first-order chi connectivity index (χ1) is 7.06. The highest BCUT2D eigenvalue weighted by molar-refractivity contribution is 8.00. The normalized spacial score (nSPS) is 15.6. The van der Waals surface area contributed by atoms with E-state index in [0.717, 1.165) is 10.7 Å². The second kappa shape index (κ2) is 5.54. The molecule has 4 heteroatoms. The van der Waals surface area contributed by atoms with E-state index in [0.29, 0.717) is 6.42 Å². The number of aryl methyl sites for hydroxylation is 1. The molecule has 0 aliphatic carbocycles. The quantitative estimate of drug-likeness (QED) is 0.702. The Balaban J connectivity index is 2.62. The van der Waals surface area contributed by atoms with Gasteiger partial charge in [0.15, 0.2) is 0 Å². The summed E-state index contributed by atoms with van der Waals surface area (Å²) in [5.74, 6) is 0.250. The molecule has 0 saturated carbocycles. The van der Waals surface area contributed by atoms with Crippen LogP contribution in [0.25, 0.3) is 0 Å². The highest BCUT2D eigenvalue weighted by Gasteiger charge is 2.26. The van der Waals surface area contributed by atoms with Crippen molar-refractivity contribution in [3.8, 4) is 0 Å². The molecule has 0 aliphatic rings. The Bertz CT molecular complexity index is 299. The smallest absolute Gasteiger partial charge is 0.242 e. The van der Waals surface area contributed by atoms with E-state index in [-0.39, 0.29) is 5.25 Å². The van der Waals surface area contributed by atoms with Gasteiger partial charge < -0.3 is 4.42 Å². The number of rotatable bonds is 5. The molecule has 1 rings (SSSR count). The largest absolute Gasteiger partial charge is 0.468 e. The molecule has 1 aromatic heterocycles. The first-order valence-corrected chi connectivity index (χ1v) is 5.93. The molecule has 1 heterocycles. The van der Waals surface area contributed by atoms with Gasteiger partial charge in [-0.15, -0.1) is 11.8 Å². The third-order valence-corrected chi connectivity index (χ3v) is 3.92. The van der Waals surface area contributed by atoms with Gasteiger partial charge in [0.25, 0.3) is 0 Å². The fraction of sp³-hybridized carbons (Fsp3) is 0.636. The summed E-state index contributed by atoms with van der Waals surface area (Å²) < 4.78 is 30.4. The van der Waals surface area contributed by atoms with Crippen LogP contribution in [0, 0.1) is 12.8 Å². The van der Waals surface area contributed by atoms with Crippen molar-refractivity contribution in [2.45, 2.75) is 43.8 Å². The third-order valence-electron chi connectivity index (χ3n) is 2.52. The van der Waals surface area contributed by atoms with E-state index < -0.39 is 12.3 Å².